The number of amides is 2. The van der Waals surface area contributed by atoms with Gasteiger partial charge in [0.25, 0.3) is 5.91 Å². The third-order valence-electron chi connectivity index (χ3n) is 4.43. The zero-order valence-corrected chi connectivity index (χ0v) is 16.8. The first kappa shape index (κ1) is 22.0. The van der Waals surface area contributed by atoms with Gasteiger partial charge in [-0.25, -0.2) is 8.78 Å². The van der Waals surface area contributed by atoms with Gasteiger partial charge in [-0.2, -0.15) is 0 Å². The molecular formula is C23H21F2N3O3. The minimum atomic E-state index is -0.810. The van der Waals surface area contributed by atoms with E-state index in [9.17, 15) is 18.4 Å². The number of ether oxygens (including phenoxy) is 1. The van der Waals surface area contributed by atoms with Crippen LogP contribution in [0.25, 0.3) is 11.3 Å². The van der Waals surface area contributed by atoms with Crippen LogP contribution in [-0.4, -0.2) is 48.5 Å². The highest BCUT2D eigenvalue weighted by Gasteiger charge is 2.19. The van der Waals surface area contributed by atoms with Crippen LogP contribution in [0.5, 0.6) is 0 Å². The third kappa shape index (κ3) is 6.16. The number of anilines is 1. The van der Waals surface area contributed by atoms with Crippen LogP contribution >= 0.6 is 0 Å². The lowest BCUT2D eigenvalue weighted by Gasteiger charge is -2.22. The number of aromatic nitrogens is 1. The molecule has 3 aromatic rings. The zero-order valence-electron chi connectivity index (χ0n) is 16.8. The summed E-state index contributed by atoms with van der Waals surface area (Å²) in [6.45, 7) is 0.0875. The van der Waals surface area contributed by atoms with Crippen LogP contribution in [0.2, 0.25) is 0 Å². The quantitative estimate of drug-likeness (QED) is 0.597. The highest BCUT2D eigenvalue weighted by molar-refractivity contribution is 5.99. The molecule has 1 heterocycles. The van der Waals surface area contributed by atoms with E-state index in [0.717, 1.165) is 23.4 Å². The summed E-state index contributed by atoms with van der Waals surface area (Å²) in [5.74, 6) is -2.57. The van der Waals surface area contributed by atoms with E-state index in [2.05, 4.69) is 10.3 Å². The first-order valence-electron chi connectivity index (χ1n) is 9.52. The predicted molar refractivity (Wildman–Crippen MR) is 112 cm³/mol. The summed E-state index contributed by atoms with van der Waals surface area (Å²) in [6.07, 6.45) is 1.68. The lowest BCUT2D eigenvalue weighted by Crippen LogP contribution is -2.40. The summed E-state index contributed by atoms with van der Waals surface area (Å²) in [7, 11) is 1.49. The van der Waals surface area contributed by atoms with Crippen molar-refractivity contribution in [2.75, 3.05) is 32.1 Å². The molecule has 0 bridgehead atoms. The van der Waals surface area contributed by atoms with E-state index in [-0.39, 0.29) is 31.3 Å². The molecule has 0 fully saturated rings. The van der Waals surface area contributed by atoms with Gasteiger partial charge in [-0.05, 0) is 36.4 Å². The Morgan fingerprint density at radius 1 is 1.03 bits per heavy atom. The second-order valence-electron chi connectivity index (χ2n) is 6.72. The van der Waals surface area contributed by atoms with Gasteiger partial charge in [-0.15, -0.1) is 0 Å². The number of benzene rings is 2. The maximum Gasteiger partial charge on any atom is 0.254 e. The van der Waals surface area contributed by atoms with E-state index in [1.165, 1.54) is 12.0 Å². The molecule has 0 aliphatic heterocycles. The Labute approximate surface area is 178 Å². The van der Waals surface area contributed by atoms with Gasteiger partial charge in [-0.1, -0.05) is 18.2 Å². The molecule has 1 aromatic heterocycles. The van der Waals surface area contributed by atoms with Gasteiger partial charge >= 0.3 is 0 Å². The molecule has 3 rings (SSSR count). The normalized spacial score (nSPS) is 10.5. The smallest absolute Gasteiger partial charge is 0.254 e. The maximum absolute atomic E-state index is 13.3. The molecular weight excluding hydrogens is 404 g/mol. The van der Waals surface area contributed by atoms with Crippen molar-refractivity contribution in [1.29, 1.82) is 0 Å². The molecule has 0 spiro atoms. The van der Waals surface area contributed by atoms with Crippen molar-refractivity contribution in [2.45, 2.75) is 0 Å². The molecule has 1 N–H and O–H groups in total. The fourth-order valence-electron chi connectivity index (χ4n) is 2.95. The van der Waals surface area contributed by atoms with Crippen LogP contribution in [0, 0.1) is 11.6 Å². The molecule has 2 aromatic carbocycles. The van der Waals surface area contributed by atoms with E-state index in [0.29, 0.717) is 11.6 Å². The van der Waals surface area contributed by atoms with E-state index in [4.69, 9.17) is 4.74 Å². The lowest BCUT2D eigenvalue weighted by molar-refractivity contribution is -0.117. The molecule has 0 saturated carbocycles. The van der Waals surface area contributed by atoms with E-state index in [1.54, 1.807) is 30.5 Å². The van der Waals surface area contributed by atoms with Crippen LogP contribution in [0.15, 0.2) is 66.9 Å². The van der Waals surface area contributed by atoms with Crippen LogP contribution in [-0.2, 0) is 9.53 Å². The molecule has 0 radical (unpaired) electrons. The molecule has 0 saturated heterocycles. The lowest BCUT2D eigenvalue weighted by atomic mass is 10.1. The van der Waals surface area contributed by atoms with Gasteiger partial charge in [0.05, 0.1) is 12.3 Å². The third-order valence-corrected chi connectivity index (χ3v) is 4.43. The fraction of sp³-hybridized carbons (Fsp3) is 0.174. The molecule has 0 unspecified atom stereocenters. The predicted octanol–water partition coefficient (Wildman–Crippen LogP) is 3.75. The SMILES string of the molecule is COCCN(CC(=O)Nc1cc(F)cc(F)c1)C(=O)c1ccc(-c2ccccn2)cc1. The van der Waals surface area contributed by atoms with E-state index < -0.39 is 17.5 Å². The van der Waals surface area contributed by atoms with Crippen LogP contribution in [0.4, 0.5) is 14.5 Å². The molecule has 6 nitrogen and oxygen atoms in total. The van der Waals surface area contributed by atoms with Crippen molar-refractivity contribution in [1.82, 2.24) is 9.88 Å². The number of nitrogens with one attached hydrogen (secondary N) is 1. The Morgan fingerprint density at radius 2 is 1.74 bits per heavy atom. The van der Waals surface area contributed by atoms with E-state index >= 15 is 0 Å². The maximum atomic E-state index is 13.3. The molecule has 31 heavy (non-hydrogen) atoms. The molecule has 2 amide bonds. The number of nitrogens with zero attached hydrogens (tertiary/aromatic N) is 2. The Kier molecular flexibility index (Phi) is 7.40. The van der Waals surface area contributed by atoms with Gasteiger partial charge in [0, 0.05) is 42.7 Å². The van der Waals surface area contributed by atoms with Crippen molar-refractivity contribution >= 4 is 17.5 Å². The zero-order chi connectivity index (χ0) is 22.2. The number of pyridine rings is 1. The highest BCUT2D eigenvalue weighted by atomic mass is 19.1. The summed E-state index contributed by atoms with van der Waals surface area (Å²) < 4.78 is 31.7. The van der Waals surface area contributed by atoms with Crippen LogP contribution in [0.1, 0.15) is 10.4 Å². The molecule has 0 aliphatic rings. The van der Waals surface area contributed by atoms with Gasteiger partial charge in [-0.3, -0.25) is 14.6 Å². The summed E-state index contributed by atoms with van der Waals surface area (Å²) in [5.41, 5.74) is 1.99. The first-order valence-corrected chi connectivity index (χ1v) is 9.52. The second kappa shape index (κ2) is 10.4. The minimum Gasteiger partial charge on any atom is -0.383 e. The van der Waals surface area contributed by atoms with Crippen LogP contribution in [0.3, 0.4) is 0 Å². The first-order chi connectivity index (χ1) is 15.0. The largest absolute Gasteiger partial charge is 0.383 e. The summed E-state index contributed by atoms with van der Waals surface area (Å²) in [4.78, 5) is 30.9. The number of halogens is 2. The second-order valence-corrected chi connectivity index (χ2v) is 6.72. The van der Waals surface area contributed by atoms with Crippen molar-refractivity contribution in [3.8, 4) is 11.3 Å². The van der Waals surface area contributed by atoms with Crippen molar-refractivity contribution in [3.63, 3.8) is 0 Å². The summed E-state index contributed by atoms with van der Waals surface area (Å²) >= 11 is 0. The number of carbonyl (C=O) groups excluding carboxylic acids is 2. The summed E-state index contributed by atoms with van der Waals surface area (Å²) in [6, 6.07) is 15.1. The number of hydrogen-bond donors (Lipinski definition) is 1. The van der Waals surface area contributed by atoms with Gasteiger partial charge < -0.3 is 15.0 Å². The average Bonchev–Trinajstić information content (AvgIpc) is 2.76. The number of hydrogen-bond acceptors (Lipinski definition) is 4. The number of methoxy groups -OCH3 is 1. The van der Waals surface area contributed by atoms with Crippen molar-refractivity contribution in [3.05, 3.63) is 84.1 Å². The average molecular weight is 425 g/mol. The van der Waals surface area contributed by atoms with Gasteiger partial charge in [0.15, 0.2) is 0 Å². The Bertz CT molecular complexity index is 1020. The van der Waals surface area contributed by atoms with Crippen molar-refractivity contribution in [2.24, 2.45) is 0 Å². The molecule has 0 atom stereocenters. The van der Waals surface area contributed by atoms with Gasteiger partial charge in [0.1, 0.15) is 18.2 Å². The molecule has 160 valence electrons. The van der Waals surface area contributed by atoms with Crippen molar-refractivity contribution < 1.29 is 23.1 Å². The van der Waals surface area contributed by atoms with E-state index in [1.807, 2.05) is 18.2 Å². The Hall–Kier alpha value is -3.65. The Balaban J connectivity index is 1.71. The Morgan fingerprint density at radius 3 is 2.35 bits per heavy atom. The summed E-state index contributed by atoms with van der Waals surface area (Å²) in [5, 5.41) is 2.41. The molecule has 0 aliphatic carbocycles. The van der Waals surface area contributed by atoms with Gasteiger partial charge in [0.2, 0.25) is 5.91 Å². The standard InChI is InChI=1S/C23H21F2N3O3/c1-31-11-10-28(15-22(29)27-20-13-18(24)12-19(25)14-20)23(30)17-7-5-16(6-8-17)21-4-2-3-9-26-21/h2-9,12-14H,10-11,15H2,1H3,(H,27,29). The monoisotopic (exact) mass is 425 g/mol. The van der Waals surface area contributed by atoms with Crippen LogP contribution < -0.4 is 5.32 Å². The fourth-order valence-corrected chi connectivity index (χ4v) is 2.95. The number of carbonyl (C=O) groups is 2. The topological polar surface area (TPSA) is 71.5 Å². The number of rotatable bonds is 8. The minimum absolute atomic E-state index is 0.0265. The molecule has 8 heteroatoms. The highest BCUT2D eigenvalue weighted by Crippen LogP contribution is 2.18.